The lowest BCUT2D eigenvalue weighted by Gasteiger charge is -2.15. The van der Waals surface area contributed by atoms with Crippen molar-refractivity contribution >= 4 is 34.9 Å². The predicted octanol–water partition coefficient (Wildman–Crippen LogP) is 5.09. The lowest BCUT2D eigenvalue weighted by atomic mass is 9.97. The highest BCUT2D eigenvalue weighted by molar-refractivity contribution is 6.34. The van der Waals surface area contributed by atoms with Crippen molar-refractivity contribution in [3.63, 3.8) is 0 Å². The molecule has 0 aliphatic rings. The molecule has 3 rings (SSSR count). The number of aromatic nitrogens is 2. The number of nitrogens with two attached hydrogens (primary N) is 1. The van der Waals surface area contributed by atoms with Crippen molar-refractivity contribution in [2.24, 2.45) is 18.7 Å². The molecule has 3 aromatic rings. The molecule has 174 valence electrons. The van der Waals surface area contributed by atoms with Crippen molar-refractivity contribution in [2.75, 3.05) is 17.2 Å². The van der Waals surface area contributed by atoms with E-state index in [2.05, 4.69) is 22.7 Å². The number of halogens is 1. The number of nitrogens with one attached hydrogen (secondary N) is 2. The van der Waals surface area contributed by atoms with Gasteiger partial charge in [-0.05, 0) is 43.7 Å². The van der Waals surface area contributed by atoms with Crippen molar-refractivity contribution in [2.45, 2.75) is 32.6 Å². The van der Waals surface area contributed by atoms with Crippen LogP contribution >= 0.6 is 11.6 Å². The first-order valence-corrected chi connectivity index (χ1v) is 11.5. The second-order valence-electron chi connectivity index (χ2n) is 7.96. The fourth-order valence-corrected chi connectivity index (χ4v) is 3.80. The maximum atomic E-state index is 12.7. The van der Waals surface area contributed by atoms with Crippen LogP contribution < -0.4 is 16.4 Å². The fraction of sp³-hybridized carbons (Fsp3) is 0.320. The van der Waals surface area contributed by atoms with Crippen LogP contribution in [-0.2, 0) is 11.8 Å². The van der Waals surface area contributed by atoms with Crippen LogP contribution in [0.5, 0.6) is 0 Å². The maximum absolute atomic E-state index is 12.7. The van der Waals surface area contributed by atoms with Gasteiger partial charge in [0, 0.05) is 30.3 Å². The minimum Gasteiger partial charge on any atom is -0.330 e. The Labute approximate surface area is 199 Å². The summed E-state index contributed by atoms with van der Waals surface area (Å²) < 4.78 is 1.65. The van der Waals surface area contributed by atoms with Gasteiger partial charge in [-0.15, -0.1) is 0 Å². The van der Waals surface area contributed by atoms with Crippen LogP contribution in [0.25, 0.3) is 11.3 Å². The molecule has 1 atom stereocenters. The van der Waals surface area contributed by atoms with E-state index in [0.717, 1.165) is 30.5 Å². The third kappa shape index (κ3) is 6.43. The van der Waals surface area contributed by atoms with E-state index in [1.54, 1.807) is 48.1 Å². The Morgan fingerprint density at radius 3 is 2.48 bits per heavy atom. The van der Waals surface area contributed by atoms with Crippen molar-refractivity contribution in [3.8, 4) is 11.3 Å². The SMILES string of the molecule is CCCCC(CCN)C(=O)Nc1cc(-c2ccc(NC(=O)c3ccccc3Cl)cc2)nn1C. The minimum absolute atomic E-state index is 0.0268. The Bertz CT molecular complexity index is 1090. The molecule has 0 aliphatic carbocycles. The molecule has 2 amide bonds. The molecule has 0 saturated carbocycles. The second-order valence-corrected chi connectivity index (χ2v) is 8.36. The quantitative estimate of drug-likeness (QED) is 0.386. The predicted molar refractivity (Wildman–Crippen MR) is 133 cm³/mol. The smallest absolute Gasteiger partial charge is 0.257 e. The van der Waals surface area contributed by atoms with E-state index in [-0.39, 0.29) is 17.7 Å². The zero-order chi connectivity index (χ0) is 23.8. The number of nitrogens with zero attached hydrogens (tertiary/aromatic N) is 2. The average molecular weight is 468 g/mol. The molecule has 0 spiro atoms. The largest absolute Gasteiger partial charge is 0.330 e. The average Bonchev–Trinajstić information content (AvgIpc) is 3.17. The van der Waals surface area contributed by atoms with Crippen LogP contribution in [0, 0.1) is 5.92 Å². The van der Waals surface area contributed by atoms with Gasteiger partial charge in [-0.25, -0.2) is 0 Å². The minimum atomic E-state index is -0.272. The zero-order valence-electron chi connectivity index (χ0n) is 19.0. The lowest BCUT2D eigenvalue weighted by Crippen LogP contribution is -2.26. The Morgan fingerprint density at radius 2 is 1.82 bits per heavy atom. The van der Waals surface area contributed by atoms with Gasteiger partial charge >= 0.3 is 0 Å². The van der Waals surface area contributed by atoms with Gasteiger partial charge < -0.3 is 16.4 Å². The van der Waals surface area contributed by atoms with Crippen molar-refractivity contribution in [1.29, 1.82) is 0 Å². The molecule has 1 aromatic heterocycles. The summed E-state index contributed by atoms with van der Waals surface area (Å²) in [4.78, 5) is 25.2. The summed E-state index contributed by atoms with van der Waals surface area (Å²) in [6, 6.07) is 16.1. The second kappa shape index (κ2) is 11.6. The Morgan fingerprint density at radius 1 is 1.09 bits per heavy atom. The maximum Gasteiger partial charge on any atom is 0.257 e. The molecule has 0 bridgehead atoms. The summed E-state index contributed by atoms with van der Waals surface area (Å²) >= 11 is 6.10. The zero-order valence-corrected chi connectivity index (χ0v) is 19.7. The summed E-state index contributed by atoms with van der Waals surface area (Å²) in [5.74, 6) is 0.228. The first-order chi connectivity index (χ1) is 15.9. The van der Waals surface area contributed by atoms with E-state index in [0.29, 0.717) is 35.1 Å². The van der Waals surface area contributed by atoms with Gasteiger partial charge in [-0.3, -0.25) is 14.3 Å². The summed E-state index contributed by atoms with van der Waals surface area (Å²) in [5, 5.41) is 10.8. The molecule has 2 aromatic carbocycles. The van der Waals surface area contributed by atoms with Gasteiger partial charge in [0.1, 0.15) is 5.82 Å². The van der Waals surface area contributed by atoms with E-state index in [9.17, 15) is 9.59 Å². The molecule has 1 heterocycles. The van der Waals surface area contributed by atoms with Crippen molar-refractivity contribution in [3.05, 3.63) is 65.2 Å². The van der Waals surface area contributed by atoms with Crippen LogP contribution in [-0.4, -0.2) is 28.1 Å². The highest BCUT2D eigenvalue weighted by Crippen LogP contribution is 2.25. The first kappa shape index (κ1) is 24.5. The van der Waals surface area contributed by atoms with Gasteiger partial charge in [0.15, 0.2) is 0 Å². The third-order valence-electron chi connectivity index (χ3n) is 5.48. The van der Waals surface area contributed by atoms with Crippen molar-refractivity contribution < 1.29 is 9.59 Å². The number of unbranched alkanes of at least 4 members (excludes halogenated alkanes) is 1. The van der Waals surface area contributed by atoms with E-state index in [1.807, 2.05) is 18.2 Å². The molecule has 0 saturated heterocycles. The lowest BCUT2D eigenvalue weighted by molar-refractivity contribution is -0.120. The number of rotatable bonds is 10. The standard InChI is InChI=1S/C25H30ClN5O2/c1-3-4-7-18(14-15-27)24(32)29-23-16-22(30-31(23)2)17-10-12-19(13-11-17)28-25(33)20-8-5-6-9-21(20)26/h5-6,8-13,16,18H,3-4,7,14-15,27H2,1-2H3,(H,28,33)(H,29,32). The molecule has 0 radical (unpaired) electrons. The monoisotopic (exact) mass is 467 g/mol. The molecular weight excluding hydrogens is 438 g/mol. The summed E-state index contributed by atoms with van der Waals surface area (Å²) in [5.41, 5.74) is 8.35. The van der Waals surface area contributed by atoms with Crippen LogP contribution in [0.4, 0.5) is 11.5 Å². The van der Waals surface area contributed by atoms with Gasteiger partial charge in [0.25, 0.3) is 5.91 Å². The number of carbonyl (C=O) groups is 2. The summed E-state index contributed by atoms with van der Waals surface area (Å²) in [6.07, 6.45) is 3.52. The molecule has 0 fully saturated rings. The van der Waals surface area contributed by atoms with Gasteiger partial charge in [-0.1, -0.05) is 55.6 Å². The van der Waals surface area contributed by atoms with Gasteiger partial charge in [0.2, 0.25) is 5.91 Å². The number of benzene rings is 2. The van der Waals surface area contributed by atoms with E-state index in [4.69, 9.17) is 17.3 Å². The topological polar surface area (TPSA) is 102 Å². The number of hydrogen-bond acceptors (Lipinski definition) is 4. The molecule has 8 heteroatoms. The highest BCUT2D eigenvalue weighted by atomic mass is 35.5. The molecule has 4 N–H and O–H groups in total. The molecule has 0 aliphatic heterocycles. The fourth-order valence-electron chi connectivity index (χ4n) is 3.58. The number of anilines is 2. The molecule has 33 heavy (non-hydrogen) atoms. The molecule has 7 nitrogen and oxygen atoms in total. The summed E-state index contributed by atoms with van der Waals surface area (Å²) in [6.45, 7) is 2.59. The van der Waals surface area contributed by atoms with Gasteiger partial charge in [0.05, 0.1) is 16.3 Å². The van der Waals surface area contributed by atoms with Crippen LogP contribution in [0.2, 0.25) is 5.02 Å². The molecule has 1 unspecified atom stereocenters. The Balaban J connectivity index is 1.68. The molecular formula is C25H30ClN5O2. The van der Waals surface area contributed by atoms with Crippen molar-refractivity contribution in [1.82, 2.24) is 9.78 Å². The summed E-state index contributed by atoms with van der Waals surface area (Å²) in [7, 11) is 1.79. The number of aryl methyl sites for hydroxylation is 1. The van der Waals surface area contributed by atoms with Gasteiger partial charge in [-0.2, -0.15) is 5.10 Å². The normalized spacial score (nSPS) is 11.8. The highest BCUT2D eigenvalue weighted by Gasteiger charge is 2.19. The van der Waals surface area contributed by atoms with E-state index in [1.165, 1.54) is 0 Å². The Hall–Kier alpha value is -3.16. The number of hydrogen-bond donors (Lipinski definition) is 3. The van der Waals surface area contributed by atoms with E-state index >= 15 is 0 Å². The van der Waals surface area contributed by atoms with Crippen LogP contribution in [0.15, 0.2) is 54.6 Å². The third-order valence-corrected chi connectivity index (χ3v) is 5.81. The number of amides is 2. The van der Waals surface area contributed by atoms with Crippen LogP contribution in [0.3, 0.4) is 0 Å². The van der Waals surface area contributed by atoms with Crippen LogP contribution in [0.1, 0.15) is 43.0 Å². The Kier molecular flexibility index (Phi) is 8.63. The van der Waals surface area contributed by atoms with E-state index < -0.39 is 0 Å². The number of carbonyl (C=O) groups excluding carboxylic acids is 2. The first-order valence-electron chi connectivity index (χ1n) is 11.1.